The monoisotopic (exact) mass is 273 g/mol. The Bertz CT molecular complexity index is 602. The number of para-hydroxylation sites is 1. The molecule has 2 nitrogen and oxygen atoms in total. The summed E-state index contributed by atoms with van der Waals surface area (Å²) < 4.78 is 19.4. The highest BCUT2D eigenvalue weighted by Crippen LogP contribution is 2.34. The van der Waals surface area contributed by atoms with E-state index < -0.39 is 0 Å². The largest absolute Gasteiger partial charge is 0.457 e. The van der Waals surface area contributed by atoms with Crippen molar-refractivity contribution in [2.24, 2.45) is 5.73 Å². The molecule has 0 aliphatic carbocycles. The van der Waals surface area contributed by atoms with E-state index in [4.69, 9.17) is 10.5 Å². The first-order valence-electron chi connectivity index (χ1n) is 6.67. The molecule has 0 amide bonds. The van der Waals surface area contributed by atoms with Crippen molar-refractivity contribution in [1.82, 2.24) is 0 Å². The van der Waals surface area contributed by atoms with Crippen molar-refractivity contribution >= 4 is 0 Å². The van der Waals surface area contributed by atoms with Crippen LogP contribution in [0.3, 0.4) is 0 Å². The summed E-state index contributed by atoms with van der Waals surface area (Å²) in [5.74, 6) is 0.881. The molecule has 20 heavy (non-hydrogen) atoms. The zero-order valence-electron chi connectivity index (χ0n) is 12.1. The molecular formula is C17H20FNO. The minimum absolute atomic E-state index is 0.0411. The highest BCUT2D eigenvalue weighted by Gasteiger charge is 2.18. The standard InChI is InChI=1S/C17H20FNO/c1-17(2,3)15-6-4-5-7-16(15)20-14-9-12(11-19)8-13(18)10-14/h4-10H,11,19H2,1-3H3. The Morgan fingerprint density at radius 1 is 1.10 bits per heavy atom. The van der Waals surface area contributed by atoms with Gasteiger partial charge in [-0.1, -0.05) is 39.0 Å². The summed E-state index contributed by atoms with van der Waals surface area (Å²) >= 11 is 0. The Morgan fingerprint density at radius 2 is 1.80 bits per heavy atom. The van der Waals surface area contributed by atoms with Gasteiger partial charge < -0.3 is 10.5 Å². The summed E-state index contributed by atoms with van der Waals surface area (Å²) in [4.78, 5) is 0. The molecule has 0 bridgehead atoms. The molecule has 0 spiro atoms. The van der Waals surface area contributed by atoms with Crippen LogP contribution in [0.25, 0.3) is 0 Å². The lowest BCUT2D eigenvalue weighted by molar-refractivity contribution is 0.451. The van der Waals surface area contributed by atoms with Gasteiger partial charge in [0.1, 0.15) is 17.3 Å². The van der Waals surface area contributed by atoms with Crippen molar-refractivity contribution in [2.75, 3.05) is 0 Å². The van der Waals surface area contributed by atoms with E-state index in [9.17, 15) is 4.39 Å². The second kappa shape index (κ2) is 5.63. The highest BCUT2D eigenvalue weighted by molar-refractivity contribution is 5.42. The maximum atomic E-state index is 13.5. The van der Waals surface area contributed by atoms with Crippen molar-refractivity contribution in [2.45, 2.75) is 32.7 Å². The Balaban J connectivity index is 2.38. The van der Waals surface area contributed by atoms with Gasteiger partial charge in [-0.3, -0.25) is 0 Å². The van der Waals surface area contributed by atoms with E-state index in [0.717, 1.165) is 11.3 Å². The topological polar surface area (TPSA) is 35.2 Å². The van der Waals surface area contributed by atoms with Crippen LogP contribution in [0.2, 0.25) is 0 Å². The molecule has 0 aromatic heterocycles. The van der Waals surface area contributed by atoms with Crippen LogP contribution in [0.4, 0.5) is 4.39 Å². The molecule has 2 aromatic carbocycles. The smallest absolute Gasteiger partial charge is 0.131 e. The van der Waals surface area contributed by atoms with Gasteiger partial charge in [-0.2, -0.15) is 0 Å². The fraction of sp³-hybridized carbons (Fsp3) is 0.294. The molecule has 0 fully saturated rings. The van der Waals surface area contributed by atoms with Crippen LogP contribution >= 0.6 is 0 Å². The lowest BCUT2D eigenvalue weighted by atomic mass is 9.86. The summed E-state index contributed by atoms with van der Waals surface area (Å²) in [7, 11) is 0. The van der Waals surface area contributed by atoms with Crippen molar-refractivity contribution in [3.8, 4) is 11.5 Å². The molecule has 0 radical (unpaired) electrons. The minimum atomic E-state index is -0.337. The summed E-state index contributed by atoms with van der Waals surface area (Å²) in [6.45, 7) is 6.64. The molecule has 0 heterocycles. The zero-order chi connectivity index (χ0) is 14.8. The van der Waals surface area contributed by atoms with Crippen LogP contribution in [0.15, 0.2) is 42.5 Å². The summed E-state index contributed by atoms with van der Waals surface area (Å²) in [6, 6.07) is 12.4. The van der Waals surface area contributed by atoms with Crippen molar-refractivity contribution in [1.29, 1.82) is 0 Å². The van der Waals surface area contributed by atoms with Gasteiger partial charge in [-0.15, -0.1) is 0 Å². The predicted molar refractivity (Wildman–Crippen MR) is 79.5 cm³/mol. The van der Waals surface area contributed by atoms with Gasteiger partial charge in [0, 0.05) is 18.2 Å². The third-order valence-electron chi connectivity index (χ3n) is 3.09. The first-order chi connectivity index (χ1) is 9.40. The highest BCUT2D eigenvalue weighted by atomic mass is 19.1. The van der Waals surface area contributed by atoms with Gasteiger partial charge in [0.05, 0.1) is 0 Å². The van der Waals surface area contributed by atoms with Crippen LogP contribution in [-0.4, -0.2) is 0 Å². The molecule has 0 atom stereocenters. The molecule has 0 saturated heterocycles. The van der Waals surface area contributed by atoms with Crippen molar-refractivity contribution < 1.29 is 9.13 Å². The number of hydrogen-bond donors (Lipinski definition) is 1. The van der Waals surface area contributed by atoms with Gasteiger partial charge in [0.25, 0.3) is 0 Å². The second-order valence-corrected chi connectivity index (χ2v) is 5.85. The lowest BCUT2D eigenvalue weighted by Crippen LogP contribution is -2.12. The molecule has 0 saturated carbocycles. The van der Waals surface area contributed by atoms with Gasteiger partial charge in [0.15, 0.2) is 0 Å². The van der Waals surface area contributed by atoms with Crippen LogP contribution in [-0.2, 0) is 12.0 Å². The number of rotatable bonds is 3. The molecule has 106 valence electrons. The van der Waals surface area contributed by atoms with Crippen LogP contribution in [0.5, 0.6) is 11.5 Å². The number of benzene rings is 2. The molecule has 2 N–H and O–H groups in total. The minimum Gasteiger partial charge on any atom is -0.457 e. The van der Waals surface area contributed by atoms with Gasteiger partial charge >= 0.3 is 0 Å². The summed E-state index contributed by atoms with van der Waals surface area (Å²) in [5.41, 5.74) is 7.31. The fourth-order valence-electron chi connectivity index (χ4n) is 2.10. The molecule has 0 aliphatic rings. The maximum absolute atomic E-state index is 13.5. The van der Waals surface area contributed by atoms with Crippen molar-refractivity contribution in [3.63, 3.8) is 0 Å². The predicted octanol–water partition coefficient (Wildman–Crippen LogP) is 4.37. The SMILES string of the molecule is CC(C)(C)c1ccccc1Oc1cc(F)cc(CN)c1. The Labute approximate surface area is 119 Å². The molecule has 0 aliphatic heterocycles. The summed E-state index contributed by atoms with van der Waals surface area (Å²) in [6.07, 6.45) is 0. The number of ether oxygens (including phenoxy) is 1. The Hall–Kier alpha value is -1.87. The van der Waals surface area contributed by atoms with Gasteiger partial charge in [-0.05, 0) is 29.2 Å². The van der Waals surface area contributed by atoms with E-state index in [-0.39, 0.29) is 17.8 Å². The van der Waals surface area contributed by atoms with Crippen LogP contribution in [0, 0.1) is 5.82 Å². The van der Waals surface area contributed by atoms with E-state index in [1.165, 1.54) is 12.1 Å². The summed E-state index contributed by atoms with van der Waals surface area (Å²) in [5, 5.41) is 0. The van der Waals surface area contributed by atoms with E-state index in [0.29, 0.717) is 11.3 Å². The van der Waals surface area contributed by atoms with Gasteiger partial charge in [-0.25, -0.2) is 4.39 Å². The van der Waals surface area contributed by atoms with E-state index >= 15 is 0 Å². The molecule has 2 aromatic rings. The first-order valence-corrected chi connectivity index (χ1v) is 6.67. The molecule has 2 rings (SSSR count). The zero-order valence-corrected chi connectivity index (χ0v) is 12.1. The average molecular weight is 273 g/mol. The maximum Gasteiger partial charge on any atom is 0.131 e. The number of hydrogen-bond acceptors (Lipinski definition) is 2. The first kappa shape index (κ1) is 14.5. The quantitative estimate of drug-likeness (QED) is 0.901. The molecular weight excluding hydrogens is 253 g/mol. The lowest BCUT2D eigenvalue weighted by Gasteiger charge is -2.22. The second-order valence-electron chi connectivity index (χ2n) is 5.85. The van der Waals surface area contributed by atoms with E-state index in [1.54, 1.807) is 6.07 Å². The Kier molecular flexibility index (Phi) is 4.09. The van der Waals surface area contributed by atoms with Gasteiger partial charge in [0.2, 0.25) is 0 Å². The Morgan fingerprint density at radius 3 is 2.45 bits per heavy atom. The van der Waals surface area contributed by atoms with Crippen molar-refractivity contribution in [3.05, 3.63) is 59.4 Å². The van der Waals surface area contributed by atoms with Crippen LogP contribution in [0.1, 0.15) is 31.9 Å². The number of nitrogens with two attached hydrogens (primary N) is 1. The molecule has 0 unspecified atom stereocenters. The van der Waals surface area contributed by atoms with E-state index in [2.05, 4.69) is 20.8 Å². The van der Waals surface area contributed by atoms with E-state index in [1.807, 2.05) is 24.3 Å². The average Bonchev–Trinajstić information content (AvgIpc) is 2.37. The third-order valence-corrected chi connectivity index (χ3v) is 3.09. The van der Waals surface area contributed by atoms with Crippen LogP contribution < -0.4 is 10.5 Å². The fourth-order valence-corrected chi connectivity index (χ4v) is 2.10. The normalized spacial score (nSPS) is 11.4. The molecule has 3 heteroatoms. The third kappa shape index (κ3) is 3.36. The number of halogens is 1.